The Bertz CT molecular complexity index is 1270. The van der Waals surface area contributed by atoms with Crippen molar-refractivity contribution in [3.8, 4) is 5.75 Å². The molecule has 0 spiro atoms. The zero-order valence-electron chi connectivity index (χ0n) is 18.2. The number of carbonyl (C=O) groups excluding carboxylic acids is 2. The van der Waals surface area contributed by atoms with Gasteiger partial charge in [0.1, 0.15) is 17.6 Å². The largest absolute Gasteiger partial charge is 0.478 e. The number of nitrogen functional groups attached to an aromatic ring is 1. The number of nitrogens with one attached hydrogen (secondary N) is 5. The molecule has 0 radical (unpaired) electrons. The first-order chi connectivity index (χ1) is 16.6. The predicted octanol–water partition coefficient (Wildman–Crippen LogP) is 0.876. The number of rotatable bonds is 8. The third kappa shape index (κ3) is 5.33. The molecule has 14 heteroatoms. The van der Waals surface area contributed by atoms with Crippen molar-refractivity contribution in [3.63, 3.8) is 0 Å². The smallest absolute Gasteiger partial charge is 0.362 e. The van der Waals surface area contributed by atoms with Gasteiger partial charge in [-0.1, -0.05) is 6.07 Å². The number of nitrogens with two attached hydrogens (primary N) is 1. The highest BCUT2D eigenvalue weighted by molar-refractivity contribution is 9.13. The van der Waals surface area contributed by atoms with Crippen LogP contribution >= 0.6 is 31.9 Å². The fourth-order valence-corrected chi connectivity index (χ4v) is 4.37. The van der Waals surface area contributed by atoms with Crippen LogP contribution in [-0.4, -0.2) is 51.4 Å². The second-order valence-electron chi connectivity index (χ2n) is 7.97. The normalized spacial score (nSPS) is 17.6. The molecule has 1 amide bonds. The van der Waals surface area contributed by atoms with Gasteiger partial charge in [0.2, 0.25) is 0 Å². The number of imidazole rings is 1. The minimum Gasteiger partial charge on any atom is -0.478 e. The third-order valence-electron chi connectivity index (χ3n) is 5.48. The van der Waals surface area contributed by atoms with Gasteiger partial charge >= 0.3 is 11.9 Å². The van der Waals surface area contributed by atoms with Crippen LogP contribution in [0.15, 0.2) is 39.5 Å². The summed E-state index contributed by atoms with van der Waals surface area (Å²) in [6.07, 6.45) is 0.802. The lowest BCUT2D eigenvalue weighted by Gasteiger charge is -2.34. The van der Waals surface area contributed by atoms with Crippen molar-refractivity contribution in [3.05, 3.63) is 56.5 Å². The Morgan fingerprint density at radius 1 is 1.29 bits per heavy atom. The number of benzene rings is 1. The zero-order valence-corrected chi connectivity index (χ0v) is 21.3. The number of aromatic amines is 3. The average Bonchev–Trinajstić information content (AvgIpc) is 3.41. The van der Waals surface area contributed by atoms with Crippen molar-refractivity contribution in [2.24, 2.45) is 0 Å². The summed E-state index contributed by atoms with van der Waals surface area (Å²) in [4.78, 5) is 45.5. The molecule has 1 aromatic carbocycles. The molecule has 3 atom stereocenters. The van der Waals surface area contributed by atoms with Crippen LogP contribution in [0.2, 0.25) is 0 Å². The number of hydrogen-bond acceptors (Lipinski definition) is 6. The monoisotopic (exact) mass is 611 g/mol. The van der Waals surface area contributed by atoms with Gasteiger partial charge in [-0.25, -0.2) is 14.8 Å². The van der Waals surface area contributed by atoms with Gasteiger partial charge in [0.25, 0.3) is 5.91 Å². The van der Waals surface area contributed by atoms with Crippen LogP contribution in [0.1, 0.15) is 39.1 Å². The summed E-state index contributed by atoms with van der Waals surface area (Å²) in [5.41, 5.74) is 11.0. The van der Waals surface area contributed by atoms with Gasteiger partial charge in [-0.2, -0.15) is 0 Å². The molecule has 2 aromatic heterocycles. The summed E-state index contributed by atoms with van der Waals surface area (Å²) in [7, 11) is 0. The summed E-state index contributed by atoms with van der Waals surface area (Å²) in [6.45, 7) is 0.131. The molecule has 1 aliphatic heterocycles. The van der Waals surface area contributed by atoms with Crippen LogP contribution in [0.3, 0.4) is 0 Å². The maximum Gasteiger partial charge on any atom is 0.362 e. The number of amides is 1. The van der Waals surface area contributed by atoms with Crippen LogP contribution < -0.4 is 31.8 Å². The van der Waals surface area contributed by atoms with Gasteiger partial charge in [0.15, 0.2) is 23.6 Å². The Morgan fingerprint density at radius 3 is 2.69 bits per heavy atom. The summed E-state index contributed by atoms with van der Waals surface area (Å²) in [6, 6.07) is 5.00. The lowest BCUT2D eigenvalue weighted by atomic mass is 9.98. The van der Waals surface area contributed by atoms with Gasteiger partial charge in [-0.15, -0.1) is 0 Å². The quantitative estimate of drug-likeness (QED) is 0.183. The number of carboxylic acids is 1. The minimum absolute atomic E-state index is 0.131. The number of para-hydroxylation sites is 1. The Kier molecular flexibility index (Phi) is 7.14. The molecular formula is C21H23Br2N7O5+2. The molecule has 35 heavy (non-hydrogen) atoms. The molecule has 4 rings (SSSR count). The molecular weight excluding hydrogens is 590 g/mol. The number of aliphatic carboxylic acids is 1. The first kappa shape index (κ1) is 24.8. The number of halogens is 2. The van der Waals surface area contributed by atoms with Crippen LogP contribution in [0.25, 0.3) is 0 Å². The van der Waals surface area contributed by atoms with E-state index in [-0.39, 0.29) is 30.2 Å². The van der Waals surface area contributed by atoms with Crippen LogP contribution in [0, 0.1) is 0 Å². The second-order valence-corrected chi connectivity index (χ2v) is 9.62. The Labute approximate surface area is 215 Å². The maximum atomic E-state index is 12.9. The fourth-order valence-electron chi connectivity index (χ4n) is 3.71. The number of aromatic nitrogens is 3. The number of carboxylic acid groups (broad SMARTS) is 1. The SMILES string of the molecule is Nc1[nH]c([C@H]2Oc3cccc(C(=O)C[C@H]([NH3+])C(=O)O)c3N[C@@H]2CNC(=O)c2cc(Br)c(Br)[nH]2)c[nH+]1. The highest BCUT2D eigenvalue weighted by Gasteiger charge is 2.36. The number of Topliss-reactive ketones (excluding diaryl/α,β-unsaturated/α-hetero) is 1. The van der Waals surface area contributed by atoms with Crippen molar-refractivity contribution in [1.29, 1.82) is 0 Å². The number of H-pyrrole nitrogens is 3. The van der Waals surface area contributed by atoms with Gasteiger partial charge in [-0.3, -0.25) is 15.3 Å². The summed E-state index contributed by atoms with van der Waals surface area (Å²) >= 11 is 6.65. The van der Waals surface area contributed by atoms with Crippen LogP contribution in [0.5, 0.6) is 5.75 Å². The lowest BCUT2D eigenvalue weighted by molar-refractivity contribution is -0.405. The second kappa shape index (κ2) is 10.1. The molecule has 11 N–H and O–H groups in total. The molecule has 184 valence electrons. The van der Waals surface area contributed by atoms with E-state index in [2.05, 4.69) is 63.2 Å². The van der Waals surface area contributed by atoms with E-state index in [9.17, 15) is 14.4 Å². The van der Waals surface area contributed by atoms with E-state index in [0.29, 0.717) is 37.8 Å². The first-order valence-corrected chi connectivity index (χ1v) is 12.1. The van der Waals surface area contributed by atoms with E-state index >= 15 is 0 Å². The van der Waals surface area contributed by atoms with E-state index in [0.717, 1.165) is 0 Å². The highest BCUT2D eigenvalue weighted by Crippen LogP contribution is 2.39. The summed E-state index contributed by atoms with van der Waals surface area (Å²) in [5, 5.41) is 15.3. The molecule has 0 saturated carbocycles. The lowest BCUT2D eigenvalue weighted by Crippen LogP contribution is -2.65. The molecule has 3 heterocycles. The van der Waals surface area contributed by atoms with E-state index < -0.39 is 24.2 Å². The number of fused-ring (bicyclic) bond motifs is 1. The number of carbonyl (C=O) groups is 3. The van der Waals surface area contributed by atoms with E-state index in [1.165, 1.54) is 0 Å². The van der Waals surface area contributed by atoms with Gasteiger partial charge in [-0.05, 0) is 50.1 Å². The molecule has 12 nitrogen and oxygen atoms in total. The topological polar surface area (TPSA) is 204 Å². The van der Waals surface area contributed by atoms with Crippen LogP contribution in [-0.2, 0) is 4.79 Å². The Hall–Kier alpha value is -3.36. The Balaban J connectivity index is 1.61. The molecule has 0 aliphatic carbocycles. The van der Waals surface area contributed by atoms with E-state index in [1.54, 1.807) is 30.5 Å². The zero-order chi connectivity index (χ0) is 25.3. The Morgan fingerprint density at radius 2 is 2.06 bits per heavy atom. The third-order valence-corrected chi connectivity index (χ3v) is 7.26. The minimum atomic E-state index is -1.16. The summed E-state index contributed by atoms with van der Waals surface area (Å²) < 4.78 is 7.57. The molecule has 0 fully saturated rings. The summed E-state index contributed by atoms with van der Waals surface area (Å²) in [5.74, 6) is -1.15. The van der Waals surface area contributed by atoms with Gasteiger partial charge in [0, 0.05) is 12.1 Å². The maximum absolute atomic E-state index is 12.9. The standard InChI is InChI=1S/C21H21Br2N7O5/c22-9-4-11(29-18(9)23)19(32)26-6-12-17(13-7-27-21(25)30-13)35-15-3-1-2-8(16(15)28-12)14(31)5-10(24)20(33)34/h1-4,7,10,12,17,28-29H,5-6,24H2,(H,26,32)(H,33,34)(H3,25,27,30)/p+2/t10-,12+,17-/m0/s1. The van der Waals surface area contributed by atoms with Crippen molar-refractivity contribution in [2.45, 2.75) is 24.6 Å². The number of anilines is 2. The number of hydrogen-bond donors (Lipinski definition) is 7. The van der Waals surface area contributed by atoms with E-state index in [1.807, 2.05) is 0 Å². The van der Waals surface area contributed by atoms with E-state index in [4.69, 9.17) is 15.6 Å². The first-order valence-electron chi connectivity index (χ1n) is 10.5. The molecule has 0 unspecified atom stereocenters. The van der Waals surface area contributed by atoms with Crippen LogP contribution in [0.4, 0.5) is 11.6 Å². The molecule has 3 aromatic rings. The number of ether oxygens (including phenoxy) is 1. The predicted molar refractivity (Wildman–Crippen MR) is 131 cm³/mol. The van der Waals surface area contributed by atoms with Crippen molar-refractivity contribution >= 4 is 61.2 Å². The van der Waals surface area contributed by atoms with Crippen molar-refractivity contribution in [1.82, 2.24) is 15.3 Å². The van der Waals surface area contributed by atoms with Crippen molar-refractivity contribution < 1.29 is 34.9 Å². The average molecular weight is 613 g/mol. The molecule has 1 aliphatic rings. The number of ketones is 1. The number of quaternary nitrogens is 1. The molecule has 0 saturated heterocycles. The van der Waals surface area contributed by atoms with Gasteiger partial charge in [0.05, 0.1) is 27.2 Å². The highest BCUT2D eigenvalue weighted by atomic mass is 79.9. The fraction of sp³-hybridized carbons (Fsp3) is 0.238. The molecule has 0 bridgehead atoms. The van der Waals surface area contributed by atoms with Crippen molar-refractivity contribution in [2.75, 3.05) is 17.6 Å². The van der Waals surface area contributed by atoms with Gasteiger partial charge < -0.3 is 31.2 Å².